The van der Waals surface area contributed by atoms with Gasteiger partial charge in [-0.1, -0.05) is 37.3 Å². The highest BCUT2D eigenvalue weighted by Gasteiger charge is 2.30. The van der Waals surface area contributed by atoms with Crippen LogP contribution in [0.4, 0.5) is 0 Å². The Balaban J connectivity index is 2.59. The van der Waals surface area contributed by atoms with Crippen molar-refractivity contribution in [2.45, 2.75) is 33.1 Å². The Kier molecular flexibility index (Phi) is 3.89. The smallest absolute Gasteiger partial charge is 0.309 e. The molecular formula is C13H18O2. The third kappa shape index (κ3) is 3.08. The van der Waals surface area contributed by atoms with Gasteiger partial charge in [-0.05, 0) is 31.7 Å². The summed E-state index contributed by atoms with van der Waals surface area (Å²) in [5, 5.41) is 9.11. The van der Waals surface area contributed by atoms with E-state index >= 15 is 0 Å². The molecule has 0 saturated carbocycles. The third-order valence-electron chi connectivity index (χ3n) is 3.10. The molecule has 0 bridgehead atoms. The minimum Gasteiger partial charge on any atom is -0.481 e. The van der Waals surface area contributed by atoms with Gasteiger partial charge >= 0.3 is 5.97 Å². The maximum atomic E-state index is 11.1. The summed E-state index contributed by atoms with van der Waals surface area (Å²) in [6.45, 7) is 3.75. The van der Waals surface area contributed by atoms with E-state index in [1.807, 2.05) is 44.2 Å². The van der Waals surface area contributed by atoms with Gasteiger partial charge in [0.2, 0.25) is 0 Å². The van der Waals surface area contributed by atoms with Crippen molar-refractivity contribution in [3.63, 3.8) is 0 Å². The molecule has 0 unspecified atom stereocenters. The molecule has 0 amide bonds. The molecule has 0 fully saturated rings. The van der Waals surface area contributed by atoms with Crippen molar-refractivity contribution in [1.29, 1.82) is 0 Å². The zero-order valence-corrected chi connectivity index (χ0v) is 9.36. The van der Waals surface area contributed by atoms with Gasteiger partial charge < -0.3 is 5.11 Å². The van der Waals surface area contributed by atoms with E-state index < -0.39 is 11.4 Å². The monoisotopic (exact) mass is 206 g/mol. The van der Waals surface area contributed by atoms with Gasteiger partial charge in [0.25, 0.3) is 0 Å². The Morgan fingerprint density at radius 2 is 1.93 bits per heavy atom. The van der Waals surface area contributed by atoms with Gasteiger partial charge in [0.15, 0.2) is 0 Å². The maximum absolute atomic E-state index is 11.1. The van der Waals surface area contributed by atoms with Crippen molar-refractivity contribution in [3.8, 4) is 0 Å². The first-order chi connectivity index (χ1) is 7.08. The molecule has 0 spiro atoms. The van der Waals surface area contributed by atoms with Crippen molar-refractivity contribution in [3.05, 3.63) is 35.9 Å². The topological polar surface area (TPSA) is 37.3 Å². The third-order valence-corrected chi connectivity index (χ3v) is 3.10. The van der Waals surface area contributed by atoms with Gasteiger partial charge in [-0.3, -0.25) is 4.79 Å². The fraction of sp³-hybridized carbons (Fsp3) is 0.462. The van der Waals surface area contributed by atoms with Gasteiger partial charge in [0.1, 0.15) is 0 Å². The lowest BCUT2D eigenvalue weighted by atomic mass is 9.82. The second kappa shape index (κ2) is 4.96. The van der Waals surface area contributed by atoms with Crippen molar-refractivity contribution in [2.24, 2.45) is 5.41 Å². The molecular weight excluding hydrogens is 188 g/mol. The van der Waals surface area contributed by atoms with Gasteiger partial charge in [0.05, 0.1) is 5.41 Å². The molecule has 15 heavy (non-hydrogen) atoms. The number of carbonyl (C=O) groups is 1. The largest absolute Gasteiger partial charge is 0.481 e. The van der Waals surface area contributed by atoms with Gasteiger partial charge in [-0.15, -0.1) is 0 Å². The molecule has 0 aliphatic rings. The van der Waals surface area contributed by atoms with E-state index in [2.05, 4.69) is 0 Å². The van der Waals surface area contributed by atoms with Gasteiger partial charge in [-0.25, -0.2) is 0 Å². The minimum absolute atomic E-state index is 0.587. The SMILES string of the molecule is CC[C@@](C)(CCc1ccccc1)C(=O)O. The number of carboxylic acid groups (broad SMARTS) is 1. The first-order valence-electron chi connectivity index (χ1n) is 5.36. The minimum atomic E-state index is -0.694. The second-order valence-electron chi connectivity index (χ2n) is 4.20. The molecule has 1 atom stereocenters. The normalized spacial score (nSPS) is 14.5. The molecule has 0 radical (unpaired) electrons. The first kappa shape index (κ1) is 11.8. The Hall–Kier alpha value is -1.31. The van der Waals surface area contributed by atoms with E-state index in [1.54, 1.807) is 0 Å². The quantitative estimate of drug-likeness (QED) is 0.803. The zero-order chi connectivity index (χ0) is 11.3. The van der Waals surface area contributed by atoms with Crippen LogP contribution in [-0.2, 0) is 11.2 Å². The van der Waals surface area contributed by atoms with Crippen LogP contribution in [0.2, 0.25) is 0 Å². The first-order valence-corrected chi connectivity index (χ1v) is 5.36. The Morgan fingerprint density at radius 1 is 1.33 bits per heavy atom. The van der Waals surface area contributed by atoms with Crippen molar-refractivity contribution < 1.29 is 9.90 Å². The summed E-state index contributed by atoms with van der Waals surface area (Å²) >= 11 is 0. The Bertz CT molecular complexity index is 319. The van der Waals surface area contributed by atoms with Crippen LogP contribution < -0.4 is 0 Å². The van der Waals surface area contributed by atoms with E-state index in [0.29, 0.717) is 12.8 Å². The molecule has 82 valence electrons. The molecule has 2 heteroatoms. The van der Waals surface area contributed by atoms with Crippen LogP contribution in [0.3, 0.4) is 0 Å². The molecule has 0 aromatic heterocycles. The summed E-state index contributed by atoms with van der Waals surface area (Å²) in [5.74, 6) is -0.694. The Labute approximate surface area is 90.9 Å². The number of rotatable bonds is 5. The summed E-state index contributed by atoms with van der Waals surface area (Å²) < 4.78 is 0. The van der Waals surface area contributed by atoms with Crippen LogP contribution in [0.1, 0.15) is 32.3 Å². The summed E-state index contributed by atoms with van der Waals surface area (Å²) in [7, 11) is 0. The lowest BCUT2D eigenvalue weighted by Gasteiger charge is -2.22. The number of carboxylic acids is 1. The van der Waals surface area contributed by atoms with Crippen LogP contribution in [0, 0.1) is 5.41 Å². The van der Waals surface area contributed by atoms with E-state index in [0.717, 1.165) is 6.42 Å². The summed E-state index contributed by atoms with van der Waals surface area (Å²) in [6.07, 6.45) is 2.20. The lowest BCUT2D eigenvalue weighted by Crippen LogP contribution is -2.27. The van der Waals surface area contributed by atoms with Crippen LogP contribution >= 0.6 is 0 Å². The highest BCUT2D eigenvalue weighted by atomic mass is 16.4. The number of aryl methyl sites for hydroxylation is 1. The summed E-state index contributed by atoms with van der Waals surface area (Å²) in [6, 6.07) is 10.0. The molecule has 1 aromatic rings. The van der Waals surface area contributed by atoms with Crippen LogP contribution in [0.5, 0.6) is 0 Å². The molecule has 1 aromatic carbocycles. The fourth-order valence-corrected chi connectivity index (χ4v) is 1.50. The standard InChI is InChI=1S/C13H18O2/c1-3-13(2,12(14)15)10-9-11-7-5-4-6-8-11/h4-8H,3,9-10H2,1-2H3,(H,14,15)/t13-/m0/s1. The number of benzene rings is 1. The fourth-order valence-electron chi connectivity index (χ4n) is 1.50. The average Bonchev–Trinajstić information content (AvgIpc) is 2.27. The molecule has 1 N–H and O–H groups in total. The lowest BCUT2D eigenvalue weighted by molar-refractivity contribution is -0.148. The van der Waals surface area contributed by atoms with Crippen LogP contribution in [0.25, 0.3) is 0 Å². The van der Waals surface area contributed by atoms with Crippen molar-refractivity contribution in [2.75, 3.05) is 0 Å². The summed E-state index contributed by atoms with van der Waals surface area (Å²) in [4.78, 5) is 11.1. The molecule has 0 aliphatic heterocycles. The van der Waals surface area contributed by atoms with Crippen molar-refractivity contribution in [1.82, 2.24) is 0 Å². The van der Waals surface area contributed by atoms with Crippen molar-refractivity contribution >= 4 is 5.97 Å². The number of hydrogen-bond acceptors (Lipinski definition) is 1. The predicted octanol–water partition coefficient (Wildman–Crippen LogP) is 3.12. The average molecular weight is 206 g/mol. The van der Waals surface area contributed by atoms with E-state index in [9.17, 15) is 4.79 Å². The molecule has 2 nitrogen and oxygen atoms in total. The zero-order valence-electron chi connectivity index (χ0n) is 9.36. The van der Waals surface area contributed by atoms with Crippen LogP contribution in [0.15, 0.2) is 30.3 Å². The maximum Gasteiger partial charge on any atom is 0.309 e. The molecule has 1 rings (SSSR count). The van der Waals surface area contributed by atoms with Crippen LogP contribution in [-0.4, -0.2) is 11.1 Å². The second-order valence-corrected chi connectivity index (χ2v) is 4.20. The van der Waals surface area contributed by atoms with Gasteiger partial charge in [0, 0.05) is 0 Å². The highest BCUT2D eigenvalue weighted by molar-refractivity contribution is 5.74. The molecule has 0 aliphatic carbocycles. The van der Waals surface area contributed by atoms with E-state index in [4.69, 9.17) is 5.11 Å². The summed E-state index contributed by atoms with van der Waals surface area (Å²) in [5.41, 5.74) is 0.619. The van der Waals surface area contributed by atoms with E-state index in [-0.39, 0.29) is 0 Å². The van der Waals surface area contributed by atoms with Gasteiger partial charge in [-0.2, -0.15) is 0 Å². The molecule has 0 saturated heterocycles. The molecule has 0 heterocycles. The Morgan fingerprint density at radius 3 is 2.40 bits per heavy atom. The number of aliphatic carboxylic acids is 1. The van der Waals surface area contributed by atoms with E-state index in [1.165, 1.54) is 5.56 Å². The number of hydrogen-bond donors (Lipinski definition) is 1. The predicted molar refractivity (Wildman–Crippen MR) is 60.8 cm³/mol. The highest BCUT2D eigenvalue weighted by Crippen LogP contribution is 2.27.